The molecule has 8 heteroatoms. The highest BCUT2D eigenvalue weighted by Crippen LogP contribution is 2.28. The monoisotopic (exact) mass is 373 g/mol. The van der Waals surface area contributed by atoms with E-state index in [9.17, 15) is 13.2 Å². The van der Waals surface area contributed by atoms with Gasteiger partial charge in [-0.05, 0) is 25.2 Å². The normalized spacial score (nSPS) is 15.3. The summed E-state index contributed by atoms with van der Waals surface area (Å²) in [7, 11) is 2.09. The van der Waals surface area contributed by atoms with Gasteiger partial charge in [0.15, 0.2) is 17.5 Å². The Morgan fingerprint density at radius 2 is 1.59 bits per heavy atom. The Morgan fingerprint density at radius 1 is 0.889 bits per heavy atom. The number of likely N-dealkylation sites (N-methyl/N-ethyl adjacent to an activating group) is 1. The van der Waals surface area contributed by atoms with Crippen molar-refractivity contribution in [3.8, 4) is 0 Å². The first-order valence-corrected chi connectivity index (χ1v) is 8.61. The van der Waals surface area contributed by atoms with Crippen LogP contribution in [-0.4, -0.2) is 48.1 Å². The van der Waals surface area contributed by atoms with Crippen molar-refractivity contribution in [3.05, 3.63) is 54.1 Å². The number of hydrogen-bond acceptors (Lipinski definition) is 5. The number of anilines is 3. The van der Waals surface area contributed by atoms with Crippen molar-refractivity contribution < 1.29 is 13.2 Å². The molecule has 2 heterocycles. The highest BCUT2D eigenvalue weighted by atomic mass is 19.2. The molecule has 1 N–H and O–H groups in total. The summed E-state index contributed by atoms with van der Waals surface area (Å²) in [5.74, 6) is -3.09. The zero-order valence-electron chi connectivity index (χ0n) is 14.7. The summed E-state index contributed by atoms with van der Waals surface area (Å²) in [6.45, 7) is 3.70. The zero-order chi connectivity index (χ0) is 19.0. The van der Waals surface area contributed by atoms with E-state index in [1.807, 2.05) is 6.07 Å². The SMILES string of the molecule is CN1CCN(c2ncnc3cc(Nc4cc(F)c(F)c(F)c4)ccc23)CC1. The van der Waals surface area contributed by atoms with Crippen LogP contribution in [0.15, 0.2) is 36.7 Å². The fourth-order valence-electron chi connectivity index (χ4n) is 3.19. The second-order valence-electron chi connectivity index (χ2n) is 6.60. The van der Waals surface area contributed by atoms with Crippen LogP contribution < -0.4 is 10.2 Å². The van der Waals surface area contributed by atoms with Gasteiger partial charge in [0.25, 0.3) is 0 Å². The summed E-state index contributed by atoms with van der Waals surface area (Å²) in [6.07, 6.45) is 1.51. The molecular weight excluding hydrogens is 355 g/mol. The lowest BCUT2D eigenvalue weighted by molar-refractivity contribution is 0.312. The average molecular weight is 373 g/mol. The quantitative estimate of drug-likeness (QED) is 0.712. The number of rotatable bonds is 3. The van der Waals surface area contributed by atoms with Gasteiger partial charge in [-0.2, -0.15) is 0 Å². The Labute approximate surface area is 154 Å². The van der Waals surface area contributed by atoms with Crippen LogP contribution in [0.5, 0.6) is 0 Å². The summed E-state index contributed by atoms with van der Waals surface area (Å²) < 4.78 is 39.9. The topological polar surface area (TPSA) is 44.3 Å². The zero-order valence-corrected chi connectivity index (χ0v) is 14.7. The molecule has 1 saturated heterocycles. The lowest BCUT2D eigenvalue weighted by Gasteiger charge is -2.33. The van der Waals surface area contributed by atoms with Crippen LogP contribution in [0.3, 0.4) is 0 Å². The number of aromatic nitrogens is 2. The van der Waals surface area contributed by atoms with Gasteiger partial charge in [0.05, 0.1) is 5.52 Å². The minimum atomic E-state index is -1.48. The van der Waals surface area contributed by atoms with Crippen molar-refractivity contribution in [2.45, 2.75) is 0 Å². The van der Waals surface area contributed by atoms with Crippen LogP contribution in [0, 0.1) is 17.5 Å². The van der Waals surface area contributed by atoms with Crippen LogP contribution in [0.4, 0.5) is 30.4 Å². The predicted octanol–water partition coefficient (Wildman–Crippen LogP) is 3.54. The van der Waals surface area contributed by atoms with E-state index in [4.69, 9.17) is 0 Å². The fourth-order valence-corrected chi connectivity index (χ4v) is 3.19. The molecule has 1 aliphatic heterocycles. The maximum atomic E-state index is 13.4. The van der Waals surface area contributed by atoms with Crippen LogP contribution in [0.2, 0.25) is 0 Å². The lowest BCUT2D eigenvalue weighted by atomic mass is 10.2. The van der Waals surface area contributed by atoms with Gasteiger partial charge >= 0.3 is 0 Å². The third-order valence-electron chi connectivity index (χ3n) is 4.69. The molecule has 0 spiro atoms. The van der Waals surface area contributed by atoms with E-state index in [2.05, 4.69) is 32.1 Å². The Bertz CT molecular complexity index is 963. The fraction of sp³-hybridized carbons (Fsp3) is 0.263. The molecule has 140 valence electrons. The van der Waals surface area contributed by atoms with Gasteiger partial charge in [-0.25, -0.2) is 23.1 Å². The van der Waals surface area contributed by atoms with Crippen LogP contribution in [-0.2, 0) is 0 Å². The van der Waals surface area contributed by atoms with Crippen molar-refractivity contribution in [2.75, 3.05) is 43.4 Å². The first-order valence-electron chi connectivity index (χ1n) is 8.61. The van der Waals surface area contributed by atoms with Gasteiger partial charge in [-0.1, -0.05) is 0 Å². The smallest absolute Gasteiger partial charge is 0.194 e. The van der Waals surface area contributed by atoms with E-state index in [-0.39, 0.29) is 5.69 Å². The Morgan fingerprint density at radius 3 is 2.30 bits per heavy atom. The van der Waals surface area contributed by atoms with E-state index in [0.29, 0.717) is 11.2 Å². The van der Waals surface area contributed by atoms with Crippen molar-refractivity contribution in [2.24, 2.45) is 0 Å². The second-order valence-corrected chi connectivity index (χ2v) is 6.60. The molecule has 2 aromatic carbocycles. The molecule has 0 saturated carbocycles. The number of benzene rings is 2. The van der Waals surface area contributed by atoms with Crippen molar-refractivity contribution >= 4 is 28.1 Å². The molecule has 1 fully saturated rings. The Balaban J connectivity index is 1.63. The van der Waals surface area contributed by atoms with Crippen LogP contribution >= 0.6 is 0 Å². The Hall–Kier alpha value is -2.87. The number of fused-ring (bicyclic) bond motifs is 1. The van der Waals surface area contributed by atoms with Crippen molar-refractivity contribution in [3.63, 3.8) is 0 Å². The third-order valence-corrected chi connectivity index (χ3v) is 4.69. The largest absolute Gasteiger partial charge is 0.355 e. The number of halogens is 3. The van der Waals surface area contributed by atoms with Gasteiger partial charge < -0.3 is 15.1 Å². The molecular formula is C19H18F3N5. The minimum Gasteiger partial charge on any atom is -0.355 e. The summed E-state index contributed by atoms with van der Waals surface area (Å²) in [5.41, 5.74) is 1.43. The molecule has 0 atom stereocenters. The van der Waals surface area contributed by atoms with Gasteiger partial charge in [0, 0.05) is 55.1 Å². The molecule has 0 radical (unpaired) electrons. The number of nitrogens with zero attached hydrogens (tertiary/aromatic N) is 4. The summed E-state index contributed by atoms with van der Waals surface area (Å²) in [4.78, 5) is 13.2. The predicted molar refractivity (Wildman–Crippen MR) is 98.8 cm³/mol. The van der Waals surface area contributed by atoms with E-state index < -0.39 is 17.5 Å². The standard InChI is InChI=1S/C19H18F3N5/c1-26-4-6-27(7-5-26)19-14-3-2-12(10-17(14)23-11-24-19)25-13-8-15(20)18(22)16(21)9-13/h2-3,8-11,25H,4-7H2,1H3. The molecule has 0 amide bonds. The van der Waals surface area contributed by atoms with Crippen LogP contribution in [0.25, 0.3) is 10.9 Å². The molecule has 1 aromatic heterocycles. The lowest BCUT2D eigenvalue weighted by Crippen LogP contribution is -2.44. The average Bonchev–Trinajstić information content (AvgIpc) is 2.66. The molecule has 1 aliphatic rings. The molecule has 5 nitrogen and oxygen atoms in total. The maximum Gasteiger partial charge on any atom is 0.194 e. The van der Waals surface area contributed by atoms with Gasteiger partial charge in [-0.3, -0.25) is 0 Å². The van der Waals surface area contributed by atoms with Gasteiger partial charge in [0.1, 0.15) is 12.1 Å². The molecule has 3 aromatic rings. The van der Waals surface area contributed by atoms with E-state index in [1.165, 1.54) is 6.33 Å². The number of nitrogens with one attached hydrogen (secondary N) is 1. The summed E-state index contributed by atoms with van der Waals surface area (Å²) in [6, 6.07) is 7.26. The second kappa shape index (κ2) is 7.03. The third kappa shape index (κ3) is 3.52. The van der Waals surface area contributed by atoms with E-state index >= 15 is 0 Å². The first kappa shape index (κ1) is 17.5. The molecule has 27 heavy (non-hydrogen) atoms. The van der Waals surface area contributed by atoms with Crippen molar-refractivity contribution in [1.29, 1.82) is 0 Å². The highest BCUT2D eigenvalue weighted by molar-refractivity contribution is 5.92. The van der Waals surface area contributed by atoms with Crippen LogP contribution in [0.1, 0.15) is 0 Å². The van der Waals surface area contributed by atoms with Gasteiger partial charge in [0.2, 0.25) is 0 Å². The minimum absolute atomic E-state index is 0.124. The van der Waals surface area contributed by atoms with E-state index in [0.717, 1.165) is 49.5 Å². The first-order chi connectivity index (χ1) is 13.0. The maximum absolute atomic E-state index is 13.4. The van der Waals surface area contributed by atoms with Gasteiger partial charge in [-0.15, -0.1) is 0 Å². The molecule has 0 bridgehead atoms. The summed E-state index contributed by atoms with van der Waals surface area (Å²) >= 11 is 0. The molecule has 4 rings (SSSR count). The number of piperazine rings is 1. The van der Waals surface area contributed by atoms with E-state index in [1.54, 1.807) is 12.1 Å². The molecule has 0 unspecified atom stereocenters. The Kier molecular flexibility index (Phi) is 4.57. The molecule has 0 aliphatic carbocycles. The van der Waals surface area contributed by atoms with Crippen molar-refractivity contribution in [1.82, 2.24) is 14.9 Å². The highest BCUT2D eigenvalue weighted by Gasteiger charge is 2.18. The summed E-state index contributed by atoms with van der Waals surface area (Å²) in [5, 5.41) is 3.79. The number of hydrogen-bond donors (Lipinski definition) is 1.